The summed E-state index contributed by atoms with van der Waals surface area (Å²) in [7, 11) is 1.59. The highest BCUT2D eigenvalue weighted by atomic mass is 127. The summed E-state index contributed by atoms with van der Waals surface area (Å²) in [6.45, 7) is 4.65. The molecule has 1 saturated heterocycles. The molecule has 0 N–H and O–H groups in total. The first kappa shape index (κ1) is 20.7. The predicted octanol–water partition coefficient (Wildman–Crippen LogP) is 5.24. The lowest BCUT2D eigenvalue weighted by molar-refractivity contribution is -0.123. The second-order valence-electron chi connectivity index (χ2n) is 6.16. The van der Waals surface area contributed by atoms with Gasteiger partial charge < -0.3 is 9.47 Å². The van der Waals surface area contributed by atoms with Crippen molar-refractivity contribution in [3.8, 4) is 11.5 Å². The van der Waals surface area contributed by atoms with Gasteiger partial charge in [-0.25, -0.2) is 0 Å². The molecule has 3 rings (SSSR count). The zero-order valence-corrected chi connectivity index (χ0v) is 18.8. The lowest BCUT2D eigenvalue weighted by Gasteiger charge is -2.14. The van der Waals surface area contributed by atoms with Crippen LogP contribution in [0, 0.1) is 10.5 Å². The number of methoxy groups -OCH3 is 1. The average molecular weight is 509 g/mol. The van der Waals surface area contributed by atoms with Crippen molar-refractivity contribution >= 4 is 51.6 Å². The molecule has 146 valence electrons. The van der Waals surface area contributed by atoms with Crippen molar-refractivity contribution in [1.29, 1.82) is 0 Å². The molecule has 2 aromatic rings. The maximum Gasteiger partial charge on any atom is 0.293 e. The average Bonchev–Trinajstić information content (AvgIpc) is 2.91. The van der Waals surface area contributed by atoms with E-state index in [1.807, 2.05) is 50.2 Å². The number of amides is 2. The van der Waals surface area contributed by atoms with E-state index in [1.165, 1.54) is 4.90 Å². The fraction of sp³-hybridized carbons (Fsp3) is 0.238. The number of ether oxygens (including phenoxy) is 2. The second-order valence-corrected chi connectivity index (χ2v) is 8.32. The molecule has 0 radical (unpaired) electrons. The van der Waals surface area contributed by atoms with Crippen molar-refractivity contribution in [3.05, 3.63) is 61.6 Å². The maximum absolute atomic E-state index is 12.8. The molecule has 0 aliphatic carbocycles. The summed E-state index contributed by atoms with van der Waals surface area (Å²) in [4.78, 5) is 26.9. The summed E-state index contributed by atoms with van der Waals surface area (Å²) in [5.74, 6) is 0.997. The van der Waals surface area contributed by atoms with E-state index in [-0.39, 0.29) is 17.7 Å². The topological polar surface area (TPSA) is 55.8 Å². The highest BCUT2D eigenvalue weighted by Crippen LogP contribution is 2.37. The molecule has 0 bridgehead atoms. The van der Waals surface area contributed by atoms with Gasteiger partial charge in [-0.05, 0) is 83.1 Å². The molecule has 7 heteroatoms. The number of halogens is 1. The summed E-state index contributed by atoms with van der Waals surface area (Å²) in [5, 5.41) is -0.257. The van der Waals surface area contributed by atoms with E-state index in [2.05, 4.69) is 22.6 Å². The first-order valence-electron chi connectivity index (χ1n) is 8.74. The largest absolute Gasteiger partial charge is 0.492 e. The summed E-state index contributed by atoms with van der Waals surface area (Å²) >= 11 is 3.13. The highest BCUT2D eigenvalue weighted by Gasteiger charge is 2.35. The van der Waals surface area contributed by atoms with E-state index in [1.54, 1.807) is 13.2 Å². The quantitative estimate of drug-likeness (QED) is 0.394. The van der Waals surface area contributed by atoms with Crippen LogP contribution in [0.5, 0.6) is 11.5 Å². The lowest BCUT2D eigenvalue weighted by atomic mass is 10.1. The zero-order valence-electron chi connectivity index (χ0n) is 15.8. The van der Waals surface area contributed by atoms with Crippen LogP contribution in [0.3, 0.4) is 0 Å². The third-order valence-corrected chi connectivity index (χ3v) is 6.01. The first-order chi connectivity index (χ1) is 13.4. The van der Waals surface area contributed by atoms with Crippen molar-refractivity contribution in [2.45, 2.75) is 20.4 Å². The van der Waals surface area contributed by atoms with E-state index in [0.717, 1.165) is 32.0 Å². The number of rotatable bonds is 6. The van der Waals surface area contributed by atoms with Gasteiger partial charge in [0.2, 0.25) is 0 Å². The minimum atomic E-state index is -0.276. The van der Waals surface area contributed by atoms with E-state index < -0.39 is 0 Å². The number of hydrogen-bond acceptors (Lipinski definition) is 5. The summed E-state index contributed by atoms with van der Waals surface area (Å²) < 4.78 is 11.9. The van der Waals surface area contributed by atoms with Gasteiger partial charge in [-0.1, -0.05) is 24.3 Å². The molecule has 0 spiro atoms. The van der Waals surface area contributed by atoms with Crippen LogP contribution >= 0.6 is 34.4 Å². The van der Waals surface area contributed by atoms with Crippen molar-refractivity contribution < 1.29 is 19.1 Å². The fourth-order valence-electron chi connectivity index (χ4n) is 2.88. The molecule has 0 atom stereocenters. The normalized spacial score (nSPS) is 15.4. The Balaban J connectivity index is 1.88. The Labute approximate surface area is 182 Å². The van der Waals surface area contributed by atoms with Crippen molar-refractivity contribution in [2.75, 3.05) is 13.7 Å². The number of carbonyl (C=O) groups excluding carboxylic acids is 2. The Bertz CT molecular complexity index is 957. The second kappa shape index (κ2) is 9.00. The summed E-state index contributed by atoms with van der Waals surface area (Å²) in [6, 6.07) is 11.5. The highest BCUT2D eigenvalue weighted by molar-refractivity contribution is 14.1. The molecule has 2 aromatic carbocycles. The molecule has 0 saturated carbocycles. The maximum atomic E-state index is 12.8. The number of hydrogen-bond donors (Lipinski definition) is 0. The minimum Gasteiger partial charge on any atom is -0.492 e. The van der Waals surface area contributed by atoms with Gasteiger partial charge in [0.05, 0.1) is 28.7 Å². The van der Waals surface area contributed by atoms with Gasteiger partial charge in [0.25, 0.3) is 11.1 Å². The zero-order chi connectivity index (χ0) is 20.3. The molecule has 0 aromatic heterocycles. The molecule has 1 aliphatic rings. The molecular weight excluding hydrogens is 489 g/mol. The van der Waals surface area contributed by atoms with Gasteiger partial charge in [0, 0.05) is 0 Å². The number of nitrogens with zero attached hydrogens (tertiary/aromatic N) is 1. The van der Waals surface area contributed by atoms with E-state index in [4.69, 9.17) is 9.47 Å². The Kier molecular flexibility index (Phi) is 6.66. The SMILES string of the molecule is CCOc1cc(/C=C2\SC(=O)N(Cc3ccccc3C)C2=O)cc(I)c1OC. The fourth-order valence-corrected chi connectivity index (χ4v) is 4.56. The lowest BCUT2D eigenvalue weighted by Crippen LogP contribution is -2.27. The van der Waals surface area contributed by atoms with Gasteiger partial charge in [0.15, 0.2) is 11.5 Å². The predicted molar refractivity (Wildman–Crippen MR) is 120 cm³/mol. The van der Waals surface area contributed by atoms with Crippen LogP contribution in [0.4, 0.5) is 4.79 Å². The smallest absolute Gasteiger partial charge is 0.293 e. The van der Waals surface area contributed by atoms with Crippen molar-refractivity contribution in [1.82, 2.24) is 4.90 Å². The van der Waals surface area contributed by atoms with E-state index >= 15 is 0 Å². The number of aryl methyl sites for hydroxylation is 1. The van der Waals surface area contributed by atoms with Crippen LogP contribution in [-0.4, -0.2) is 29.8 Å². The number of carbonyl (C=O) groups is 2. The third-order valence-electron chi connectivity index (χ3n) is 4.30. The van der Waals surface area contributed by atoms with E-state index in [0.29, 0.717) is 23.0 Å². The molecule has 1 aliphatic heterocycles. The number of imide groups is 1. The van der Waals surface area contributed by atoms with Crippen LogP contribution in [0.2, 0.25) is 0 Å². The van der Waals surface area contributed by atoms with Gasteiger partial charge >= 0.3 is 0 Å². The van der Waals surface area contributed by atoms with Gasteiger partial charge in [-0.3, -0.25) is 14.5 Å². The summed E-state index contributed by atoms with van der Waals surface area (Å²) in [6.07, 6.45) is 1.73. The monoisotopic (exact) mass is 509 g/mol. The van der Waals surface area contributed by atoms with Crippen LogP contribution in [0.15, 0.2) is 41.3 Å². The molecule has 1 heterocycles. The Hall–Kier alpha value is -2.00. The van der Waals surface area contributed by atoms with Gasteiger partial charge in [0.1, 0.15) is 0 Å². The van der Waals surface area contributed by atoms with Gasteiger partial charge in [-0.15, -0.1) is 0 Å². The Morgan fingerprint density at radius 3 is 2.64 bits per heavy atom. The summed E-state index contributed by atoms with van der Waals surface area (Å²) in [5.41, 5.74) is 2.80. The van der Waals surface area contributed by atoms with Crippen molar-refractivity contribution in [3.63, 3.8) is 0 Å². The van der Waals surface area contributed by atoms with Crippen LogP contribution in [0.25, 0.3) is 6.08 Å². The van der Waals surface area contributed by atoms with Crippen molar-refractivity contribution in [2.24, 2.45) is 0 Å². The molecule has 0 unspecified atom stereocenters. The van der Waals surface area contributed by atoms with E-state index in [9.17, 15) is 9.59 Å². The van der Waals surface area contributed by atoms with Gasteiger partial charge in [-0.2, -0.15) is 0 Å². The molecule has 5 nitrogen and oxygen atoms in total. The first-order valence-corrected chi connectivity index (χ1v) is 10.6. The molecule has 1 fully saturated rings. The Morgan fingerprint density at radius 1 is 1.21 bits per heavy atom. The third kappa shape index (κ3) is 4.35. The number of thioether (sulfide) groups is 1. The van der Waals surface area contributed by atoms with Crippen LogP contribution in [-0.2, 0) is 11.3 Å². The molecular formula is C21H20INO4S. The molecule has 28 heavy (non-hydrogen) atoms. The number of benzene rings is 2. The molecule has 2 amide bonds. The standard InChI is InChI=1S/C21H20INO4S/c1-4-27-17-10-14(9-16(22)19(17)26-3)11-18-20(24)23(21(25)28-18)12-15-8-6-5-7-13(15)2/h5-11H,4,12H2,1-3H3/b18-11-. The van der Waals surface area contributed by atoms with Crippen LogP contribution in [0.1, 0.15) is 23.6 Å². The Morgan fingerprint density at radius 2 is 1.96 bits per heavy atom. The van der Waals surface area contributed by atoms with Crippen LogP contribution < -0.4 is 9.47 Å². The minimum absolute atomic E-state index is 0.257.